The van der Waals surface area contributed by atoms with Crippen LogP contribution < -0.4 is 10.6 Å². The minimum atomic E-state index is 0.0496. The van der Waals surface area contributed by atoms with Gasteiger partial charge in [-0.2, -0.15) is 0 Å². The van der Waals surface area contributed by atoms with E-state index in [0.29, 0.717) is 12.5 Å². The lowest BCUT2D eigenvalue weighted by molar-refractivity contribution is 0.203. The van der Waals surface area contributed by atoms with Crippen LogP contribution in [0.25, 0.3) is 0 Å². The molecular weight excluding hydrogens is 292 g/mol. The average molecular weight is 313 g/mol. The predicted octanol–water partition coefficient (Wildman–Crippen LogP) is 2.68. The SMILES string of the molecule is CC(N)c1ccc(N2CCC(CO)CC2)cc1Br. The summed E-state index contributed by atoms with van der Waals surface area (Å²) >= 11 is 3.59. The van der Waals surface area contributed by atoms with E-state index in [9.17, 15) is 0 Å². The Bertz CT molecular complexity index is 401. The molecule has 100 valence electrons. The molecular formula is C14H21BrN2O. The van der Waals surface area contributed by atoms with Crippen molar-refractivity contribution in [3.05, 3.63) is 28.2 Å². The van der Waals surface area contributed by atoms with Crippen molar-refractivity contribution in [1.82, 2.24) is 0 Å². The van der Waals surface area contributed by atoms with Gasteiger partial charge in [-0.1, -0.05) is 22.0 Å². The monoisotopic (exact) mass is 312 g/mol. The van der Waals surface area contributed by atoms with E-state index in [2.05, 4.69) is 39.0 Å². The Morgan fingerprint density at radius 3 is 2.61 bits per heavy atom. The highest BCUT2D eigenvalue weighted by Gasteiger charge is 2.19. The third-order valence-electron chi connectivity index (χ3n) is 3.71. The van der Waals surface area contributed by atoms with Gasteiger partial charge in [0.05, 0.1) is 0 Å². The first-order valence-corrected chi connectivity index (χ1v) is 7.32. The fourth-order valence-corrected chi connectivity index (χ4v) is 3.18. The number of aliphatic hydroxyl groups is 1. The lowest BCUT2D eigenvalue weighted by Gasteiger charge is -2.33. The highest BCUT2D eigenvalue weighted by molar-refractivity contribution is 9.10. The van der Waals surface area contributed by atoms with Crippen LogP contribution in [0.5, 0.6) is 0 Å². The second-order valence-corrected chi connectivity index (χ2v) is 5.96. The Morgan fingerprint density at radius 2 is 2.11 bits per heavy atom. The second-order valence-electron chi connectivity index (χ2n) is 5.11. The molecule has 1 aromatic rings. The molecule has 4 heteroatoms. The zero-order valence-electron chi connectivity index (χ0n) is 10.8. The van der Waals surface area contributed by atoms with Gasteiger partial charge < -0.3 is 15.7 Å². The molecule has 0 radical (unpaired) electrons. The fourth-order valence-electron chi connectivity index (χ4n) is 2.46. The number of rotatable bonds is 3. The molecule has 1 atom stereocenters. The summed E-state index contributed by atoms with van der Waals surface area (Å²) in [5, 5.41) is 9.15. The zero-order chi connectivity index (χ0) is 13.1. The summed E-state index contributed by atoms with van der Waals surface area (Å²) in [4.78, 5) is 2.38. The first kappa shape index (κ1) is 13.8. The Kier molecular flexibility index (Phi) is 4.65. The average Bonchev–Trinajstić information content (AvgIpc) is 2.38. The Morgan fingerprint density at radius 1 is 1.44 bits per heavy atom. The Hall–Kier alpha value is -0.580. The number of benzene rings is 1. The van der Waals surface area contributed by atoms with Crippen molar-refractivity contribution in [2.75, 3.05) is 24.6 Å². The second kappa shape index (κ2) is 6.04. The molecule has 2 rings (SSSR count). The molecule has 0 amide bonds. The van der Waals surface area contributed by atoms with Crippen LogP contribution in [0, 0.1) is 5.92 Å². The highest BCUT2D eigenvalue weighted by atomic mass is 79.9. The Balaban J connectivity index is 2.08. The normalized spacial score (nSPS) is 19.0. The fraction of sp³-hybridized carbons (Fsp3) is 0.571. The van der Waals surface area contributed by atoms with E-state index in [4.69, 9.17) is 10.8 Å². The summed E-state index contributed by atoms with van der Waals surface area (Å²) in [6.07, 6.45) is 2.15. The van der Waals surface area contributed by atoms with Gasteiger partial charge in [-0.3, -0.25) is 0 Å². The predicted molar refractivity (Wildman–Crippen MR) is 78.8 cm³/mol. The summed E-state index contributed by atoms with van der Waals surface area (Å²) < 4.78 is 1.08. The van der Waals surface area contributed by atoms with Crippen molar-refractivity contribution >= 4 is 21.6 Å². The van der Waals surface area contributed by atoms with E-state index in [-0.39, 0.29) is 6.04 Å². The number of hydrogen-bond donors (Lipinski definition) is 2. The number of anilines is 1. The van der Waals surface area contributed by atoms with Crippen LogP contribution in [0.1, 0.15) is 31.4 Å². The quantitative estimate of drug-likeness (QED) is 0.902. The maximum Gasteiger partial charge on any atom is 0.0460 e. The number of aliphatic hydroxyl groups excluding tert-OH is 1. The first-order valence-electron chi connectivity index (χ1n) is 6.52. The number of hydrogen-bond acceptors (Lipinski definition) is 3. The number of nitrogens with two attached hydrogens (primary N) is 1. The van der Waals surface area contributed by atoms with E-state index in [1.165, 1.54) is 5.69 Å². The summed E-state index contributed by atoms with van der Waals surface area (Å²) in [6.45, 7) is 4.36. The minimum absolute atomic E-state index is 0.0496. The maximum absolute atomic E-state index is 9.15. The van der Waals surface area contributed by atoms with E-state index >= 15 is 0 Å². The standard InChI is InChI=1S/C14H21BrN2O/c1-10(16)13-3-2-12(8-14(13)15)17-6-4-11(9-18)5-7-17/h2-3,8,10-11,18H,4-7,9,16H2,1H3. The third-order valence-corrected chi connectivity index (χ3v) is 4.40. The van der Waals surface area contributed by atoms with Gasteiger partial charge in [0.1, 0.15) is 0 Å². The zero-order valence-corrected chi connectivity index (χ0v) is 12.4. The van der Waals surface area contributed by atoms with Gasteiger partial charge in [-0.05, 0) is 43.4 Å². The van der Waals surface area contributed by atoms with Gasteiger partial charge >= 0.3 is 0 Å². The van der Waals surface area contributed by atoms with Crippen molar-refractivity contribution in [1.29, 1.82) is 0 Å². The summed E-state index contributed by atoms with van der Waals surface area (Å²) in [5.41, 5.74) is 8.29. The summed E-state index contributed by atoms with van der Waals surface area (Å²) in [5.74, 6) is 0.480. The van der Waals surface area contributed by atoms with Crippen LogP contribution in [0.4, 0.5) is 5.69 Å². The topological polar surface area (TPSA) is 49.5 Å². The van der Waals surface area contributed by atoms with E-state index in [0.717, 1.165) is 36.0 Å². The number of piperidine rings is 1. The van der Waals surface area contributed by atoms with E-state index in [1.54, 1.807) is 0 Å². The molecule has 1 aliphatic rings. The lowest BCUT2D eigenvalue weighted by Crippen LogP contribution is -2.34. The summed E-state index contributed by atoms with van der Waals surface area (Å²) in [7, 11) is 0. The van der Waals surface area contributed by atoms with E-state index < -0.39 is 0 Å². The van der Waals surface area contributed by atoms with Crippen molar-refractivity contribution in [3.63, 3.8) is 0 Å². The molecule has 3 nitrogen and oxygen atoms in total. The molecule has 0 bridgehead atoms. The smallest absolute Gasteiger partial charge is 0.0460 e. The van der Waals surface area contributed by atoms with Gasteiger partial charge in [-0.15, -0.1) is 0 Å². The van der Waals surface area contributed by atoms with Gasteiger partial charge in [-0.25, -0.2) is 0 Å². The third kappa shape index (κ3) is 3.05. The Labute approximate surface area is 117 Å². The molecule has 0 spiro atoms. The molecule has 0 saturated carbocycles. The van der Waals surface area contributed by atoms with Crippen LogP contribution in [0.3, 0.4) is 0 Å². The van der Waals surface area contributed by atoms with Crippen LogP contribution >= 0.6 is 15.9 Å². The molecule has 0 aliphatic carbocycles. The molecule has 1 heterocycles. The minimum Gasteiger partial charge on any atom is -0.396 e. The van der Waals surface area contributed by atoms with Crippen molar-refractivity contribution in [3.8, 4) is 0 Å². The maximum atomic E-state index is 9.15. The van der Waals surface area contributed by atoms with Crippen LogP contribution in [0.15, 0.2) is 22.7 Å². The molecule has 1 aliphatic heterocycles. The molecule has 3 N–H and O–H groups in total. The van der Waals surface area contributed by atoms with Crippen LogP contribution in [-0.4, -0.2) is 24.8 Å². The van der Waals surface area contributed by atoms with E-state index in [1.807, 2.05) is 6.92 Å². The first-order chi connectivity index (χ1) is 8.61. The molecule has 1 aromatic carbocycles. The van der Waals surface area contributed by atoms with Crippen LogP contribution in [-0.2, 0) is 0 Å². The molecule has 1 unspecified atom stereocenters. The number of nitrogens with zero attached hydrogens (tertiary/aromatic N) is 1. The van der Waals surface area contributed by atoms with Crippen molar-refractivity contribution in [2.24, 2.45) is 11.7 Å². The number of halogens is 1. The van der Waals surface area contributed by atoms with Gasteiger partial charge in [0, 0.05) is 35.9 Å². The largest absolute Gasteiger partial charge is 0.396 e. The highest BCUT2D eigenvalue weighted by Crippen LogP contribution is 2.29. The molecule has 1 fully saturated rings. The van der Waals surface area contributed by atoms with Crippen molar-refractivity contribution < 1.29 is 5.11 Å². The van der Waals surface area contributed by atoms with Gasteiger partial charge in [0.15, 0.2) is 0 Å². The van der Waals surface area contributed by atoms with Gasteiger partial charge in [0.25, 0.3) is 0 Å². The molecule has 18 heavy (non-hydrogen) atoms. The molecule has 1 saturated heterocycles. The summed E-state index contributed by atoms with van der Waals surface area (Å²) in [6, 6.07) is 6.44. The van der Waals surface area contributed by atoms with Crippen LogP contribution in [0.2, 0.25) is 0 Å². The molecule has 0 aromatic heterocycles. The lowest BCUT2D eigenvalue weighted by atomic mass is 9.97. The van der Waals surface area contributed by atoms with Crippen molar-refractivity contribution in [2.45, 2.75) is 25.8 Å². The van der Waals surface area contributed by atoms with Gasteiger partial charge in [0.2, 0.25) is 0 Å².